The molecule has 0 amide bonds. The number of hydrogen-bond donors (Lipinski definition) is 0. The van der Waals surface area contributed by atoms with Gasteiger partial charge in [0.25, 0.3) is 0 Å². The summed E-state index contributed by atoms with van der Waals surface area (Å²) in [6.07, 6.45) is 0. The predicted molar refractivity (Wildman–Crippen MR) is 163 cm³/mol. The second kappa shape index (κ2) is 13.1. The minimum absolute atomic E-state index is 0. The van der Waals surface area contributed by atoms with E-state index in [2.05, 4.69) is 0 Å². The molecular formula is C34H28FeO2P2-6. The van der Waals surface area contributed by atoms with Crippen molar-refractivity contribution in [3.8, 4) is 0 Å². The largest absolute Gasteiger partial charge is 0.747 e. The summed E-state index contributed by atoms with van der Waals surface area (Å²) >= 11 is 0. The zero-order valence-electron chi connectivity index (χ0n) is 21.2. The number of hydrogen-bond acceptors (Lipinski definition) is 2. The van der Waals surface area contributed by atoms with E-state index < -0.39 is 14.3 Å². The zero-order valence-corrected chi connectivity index (χ0v) is 24.1. The van der Waals surface area contributed by atoms with E-state index in [0.29, 0.717) is 0 Å². The third-order valence-corrected chi connectivity index (χ3v) is 12.6. The molecule has 0 saturated carbocycles. The van der Waals surface area contributed by atoms with E-state index in [0.717, 1.165) is 31.8 Å². The standard InChI is InChI=1S/2C17H14OP.Fe/c2*18-19(17-13-7-8-14-17,15-9-3-1-4-10-15)16-11-5-2-6-12-16;/h2*1-14H;/q-5;-1;. The summed E-state index contributed by atoms with van der Waals surface area (Å²) in [5, 5.41) is 5.31. The van der Waals surface area contributed by atoms with Crippen LogP contribution in [-0.4, -0.2) is 0 Å². The fourth-order valence-corrected chi connectivity index (χ4v) is 9.93. The van der Waals surface area contributed by atoms with Gasteiger partial charge in [0.1, 0.15) is 7.14 Å². The Morgan fingerprint density at radius 2 is 0.744 bits per heavy atom. The van der Waals surface area contributed by atoms with Crippen LogP contribution in [0.4, 0.5) is 0 Å². The molecule has 0 fully saturated rings. The Balaban J connectivity index is 0.000000176. The molecule has 0 N–H and O–H groups in total. The molecule has 6 rings (SSSR count). The fraction of sp³-hybridized carbons (Fsp3) is 0. The molecule has 0 atom stereocenters. The number of rotatable bonds is 6. The Hall–Kier alpha value is -3.44. The van der Waals surface area contributed by atoms with Crippen LogP contribution in [0.3, 0.4) is 0 Å². The molecule has 0 aromatic heterocycles. The molecule has 0 unspecified atom stereocenters. The monoisotopic (exact) mass is 586 g/mol. The van der Waals surface area contributed by atoms with Gasteiger partial charge in [-0.3, -0.25) is 0 Å². The van der Waals surface area contributed by atoms with Gasteiger partial charge in [-0.25, -0.2) is 12.1 Å². The van der Waals surface area contributed by atoms with Crippen molar-refractivity contribution in [1.29, 1.82) is 0 Å². The number of benzene rings is 4. The second-order valence-electron chi connectivity index (χ2n) is 8.85. The van der Waals surface area contributed by atoms with Crippen molar-refractivity contribution in [3.63, 3.8) is 0 Å². The van der Waals surface area contributed by atoms with E-state index in [1.54, 1.807) is 0 Å². The average molecular weight is 586 g/mol. The molecular weight excluding hydrogens is 558 g/mol. The normalized spacial score (nSPS) is 11.1. The molecule has 0 aliphatic heterocycles. The van der Waals surface area contributed by atoms with E-state index in [4.69, 9.17) is 0 Å². The maximum Gasteiger partial charge on any atom is 0.122 e. The Bertz CT molecular complexity index is 1420. The maximum atomic E-state index is 13.7. The van der Waals surface area contributed by atoms with Gasteiger partial charge in [-0.2, -0.15) is 12.1 Å². The van der Waals surface area contributed by atoms with Gasteiger partial charge >= 0.3 is 0 Å². The summed E-state index contributed by atoms with van der Waals surface area (Å²) in [5.41, 5.74) is 0. The van der Waals surface area contributed by atoms with Crippen molar-refractivity contribution in [2.75, 3.05) is 0 Å². The summed E-state index contributed by atoms with van der Waals surface area (Å²) in [4.78, 5) is 0. The summed E-state index contributed by atoms with van der Waals surface area (Å²) < 4.78 is 27.4. The fourth-order valence-electron chi connectivity index (χ4n) is 4.59. The van der Waals surface area contributed by atoms with Gasteiger partial charge in [0.05, 0.1) is 0 Å². The Morgan fingerprint density at radius 1 is 0.436 bits per heavy atom. The van der Waals surface area contributed by atoms with Crippen molar-refractivity contribution >= 4 is 46.1 Å². The third-order valence-electron chi connectivity index (χ3n) is 6.50. The maximum absolute atomic E-state index is 13.7. The van der Waals surface area contributed by atoms with Gasteiger partial charge in [-0.15, -0.1) is 0 Å². The van der Waals surface area contributed by atoms with Gasteiger partial charge in [-0.05, 0) is 17.8 Å². The first-order valence-corrected chi connectivity index (χ1v) is 15.9. The van der Waals surface area contributed by atoms with Crippen LogP contribution in [0.15, 0.2) is 170 Å². The van der Waals surface area contributed by atoms with Gasteiger partial charge in [0.2, 0.25) is 0 Å². The molecule has 39 heavy (non-hydrogen) atoms. The molecule has 0 saturated heterocycles. The predicted octanol–water partition coefficient (Wildman–Crippen LogP) is 6.09. The molecule has 0 spiro atoms. The van der Waals surface area contributed by atoms with Gasteiger partial charge in [0.15, 0.2) is 0 Å². The van der Waals surface area contributed by atoms with E-state index in [9.17, 15) is 9.13 Å². The summed E-state index contributed by atoms with van der Waals surface area (Å²) in [6, 6.07) is 54.4. The van der Waals surface area contributed by atoms with E-state index in [1.807, 2.05) is 170 Å². The molecule has 6 aromatic rings. The molecule has 0 bridgehead atoms. The van der Waals surface area contributed by atoms with Gasteiger partial charge in [-0.1, -0.05) is 127 Å². The van der Waals surface area contributed by atoms with Crippen molar-refractivity contribution in [1.82, 2.24) is 0 Å². The molecule has 6 aromatic carbocycles. The first kappa shape index (κ1) is 28.6. The molecule has 0 aliphatic carbocycles. The van der Waals surface area contributed by atoms with Gasteiger partial charge in [0, 0.05) is 27.7 Å². The minimum Gasteiger partial charge on any atom is -0.747 e. The van der Waals surface area contributed by atoms with Crippen LogP contribution in [0.25, 0.3) is 0 Å². The van der Waals surface area contributed by atoms with Crippen LogP contribution in [0.5, 0.6) is 0 Å². The molecule has 2 nitrogen and oxygen atoms in total. The average Bonchev–Trinajstić information content (AvgIpc) is 3.75. The summed E-state index contributed by atoms with van der Waals surface area (Å²) in [5.74, 6) is 0. The molecule has 0 heterocycles. The van der Waals surface area contributed by atoms with Crippen molar-refractivity contribution in [2.24, 2.45) is 0 Å². The first-order chi connectivity index (χ1) is 18.6. The minimum atomic E-state index is -2.73. The zero-order chi connectivity index (χ0) is 26.3. The van der Waals surface area contributed by atoms with Crippen molar-refractivity contribution in [3.05, 3.63) is 170 Å². The molecule has 0 radical (unpaired) electrons. The van der Waals surface area contributed by atoms with E-state index >= 15 is 0 Å². The first-order valence-electron chi connectivity index (χ1n) is 12.5. The van der Waals surface area contributed by atoms with Crippen LogP contribution in [0.2, 0.25) is 0 Å². The summed E-state index contributed by atoms with van der Waals surface area (Å²) in [7, 11) is -5.46. The Labute approximate surface area is 241 Å². The third kappa shape index (κ3) is 5.94. The topological polar surface area (TPSA) is 34.1 Å². The molecule has 0 aliphatic rings. The van der Waals surface area contributed by atoms with Gasteiger partial charge < -0.3 is 38.7 Å². The smallest absolute Gasteiger partial charge is 0.122 e. The van der Waals surface area contributed by atoms with E-state index in [-0.39, 0.29) is 17.1 Å². The van der Waals surface area contributed by atoms with E-state index in [1.165, 1.54) is 0 Å². The summed E-state index contributed by atoms with van der Waals surface area (Å²) in [6.45, 7) is 0. The van der Waals surface area contributed by atoms with Crippen LogP contribution in [0, 0.1) is 0 Å². The SMILES string of the molecule is O=P(c1ccccc1)(c1ccccc1)[c-]1[cH-][cH-][cH-][cH-]1.O=P(c1ccccc1)(c1ccccc1)[c-]1cccc1.[Fe]. The second-order valence-corrected chi connectivity index (χ2v) is 14.4. The van der Waals surface area contributed by atoms with Crippen molar-refractivity contribution < 1.29 is 26.2 Å². The van der Waals surface area contributed by atoms with Crippen LogP contribution in [-0.2, 0) is 26.2 Å². The molecule has 200 valence electrons. The van der Waals surface area contributed by atoms with Crippen LogP contribution >= 0.6 is 14.3 Å². The quantitative estimate of drug-likeness (QED) is 0.135. The van der Waals surface area contributed by atoms with Crippen LogP contribution in [0.1, 0.15) is 0 Å². The van der Waals surface area contributed by atoms with Crippen LogP contribution < -0.4 is 31.8 Å². The van der Waals surface area contributed by atoms with Crippen molar-refractivity contribution in [2.45, 2.75) is 0 Å². The molecule has 5 heteroatoms. The Kier molecular flexibility index (Phi) is 9.58. The Morgan fingerprint density at radius 3 is 1.08 bits per heavy atom.